The number of nitrogens with one attached hydrogen (secondary N) is 2. The SMILES string of the molecule is CCC(C)(CNC(=O)CCc1c(-c2ccccc2)[nH]c2ccc(F)cc12)N1CCOCC1. The molecule has 0 radical (unpaired) electrons. The van der Waals surface area contributed by atoms with Crippen molar-refractivity contribution >= 4 is 16.8 Å². The molecule has 170 valence electrons. The molecule has 5 nitrogen and oxygen atoms in total. The van der Waals surface area contributed by atoms with Gasteiger partial charge in [0.2, 0.25) is 5.91 Å². The van der Waals surface area contributed by atoms with Crippen LogP contribution in [0.3, 0.4) is 0 Å². The molecule has 32 heavy (non-hydrogen) atoms. The van der Waals surface area contributed by atoms with E-state index in [9.17, 15) is 9.18 Å². The third kappa shape index (κ3) is 4.87. The lowest BCUT2D eigenvalue weighted by Crippen LogP contribution is -2.56. The van der Waals surface area contributed by atoms with E-state index < -0.39 is 0 Å². The van der Waals surface area contributed by atoms with Gasteiger partial charge < -0.3 is 15.0 Å². The van der Waals surface area contributed by atoms with E-state index >= 15 is 0 Å². The highest BCUT2D eigenvalue weighted by molar-refractivity contribution is 5.91. The fraction of sp³-hybridized carbons (Fsp3) is 0.423. The first-order valence-corrected chi connectivity index (χ1v) is 11.5. The summed E-state index contributed by atoms with van der Waals surface area (Å²) in [5.74, 6) is -0.256. The standard InChI is InChI=1S/C26H32FN3O2/c1-3-26(2,30-13-15-32-16-14-30)18-28-24(31)12-10-21-22-17-20(27)9-11-23(22)29-25(21)19-7-5-4-6-8-19/h4-9,11,17,29H,3,10,12-16,18H2,1-2H3,(H,28,31). The number of ether oxygens (including phenoxy) is 1. The smallest absolute Gasteiger partial charge is 0.220 e. The van der Waals surface area contributed by atoms with Crippen molar-refractivity contribution in [1.29, 1.82) is 0 Å². The summed E-state index contributed by atoms with van der Waals surface area (Å²) < 4.78 is 19.5. The average Bonchev–Trinajstić information content (AvgIpc) is 3.20. The molecule has 0 spiro atoms. The Morgan fingerprint density at radius 3 is 2.66 bits per heavy atom. The molecule has 1 aliphatic heterocycles. The van der Waals surface area contributed by atoms with Gasteiger partial charge in [0, 0.05) is 48.2 Å². The van der Waals surface area contributed by atoms with Crippen LogP contribution in [0.1, 0.15) is 32.3 Å². The molecule has 1 amide bonds. The first-order valence-electron chi connectivity index (χ1n) is 11.5. The Bertz CT molecular complexity index is 1060. The zero-order valence-corrected chi connectivity index (χ0v) is 18.9. The van der Waals surface area contributed by atoms with Gasteiger partial charge in [-0.25, -0.2) is 4.39 Å². The van der Waals surface area contributed by atoms with Gasteiger partial charge in [0.1, 0.15) is 5.82 Å². The topological polar surface area (TPSA) is 57.4 Å². The average molecular weight is 438 g/mol. The van der Waals surface area contributed by atoms with Gasteiger partial charge in [0.25, 0.3) is 0 Å². The maximum Gasteiger partial charge on any atom is 0.220 e. The number of aryl methyl sites for hydroxylation is 1. The number of morpholine rings is 1. The largest absolute Gasteiger partial charge is 0.379 e. The Morgan fingerprint density at radius 1 is 1.19 bits per heavy atom. The van der Waals surface area contributed by atoms with Crippen molar-refractivity contribution in [2.45, 2.75) is 38.6 Å². The molecular weight excluding hydrogens is 405 g/mol. The molecule has 6 heteroatoms. The van der Waals surface area contributed by atoms with E-state index in [2.05, 4.69) is 29.0 Å². The van der Waals surface area contributed by atoms with Crippen molar-refractivity contribution in [2.75, 3.05) is 32.8 Å². The number of carbonyl (C=O) groups excluding carboxylic acids is 1. The highest BCUT2D eigenvalue weighted by Crippen LogP contribution is 2.32. The van der Waals surface area contributed by atoms with Crippen LogP contribution in [0.2, 0.25) is 0 Å². The van der Waals surface area contributed by atoms with Crippen LogP contribution in [0.15, 0.2) is 48.5 Å². The predicted octanol–water partition coefficient (Wildman–Crippen LogP) is 4.52. The van der Waals surface area contributed by atoms with Crippen molar-refractivity contribution in [3.05, 3.63) is 59.9 Å². The van der Waals surface area contributed by atoms with Gasteiger partial charge in [-0.2, -0.15) is 0 Å². The zero-order chi connectivity index (χ0) is 22.6. The van der Waals surface area contributed by atoms with Crippen LogP contribution >= 0.6 is 0 Å². The highest BCUT2D eigenvalue weighted by Gasteiger charge is 2.31. The van der Waals surface area contributed by atoms with Crippen LogP contribution in [-0.2, 0) is 16.0 Å². The molecular formula is C26H32FN3O2. The molecule has 1 aromatic heterocycles. The van der Waals surface area contributed by atoms with E-state index in [-0.39, 0.29) is 17.3 Å². The van der Waals surface area contributed by atoms with Gasteiger partial charge in [-0.05, 0) is 49.1 Å². The van der Waals surface area contributed by atoms with Crippen molar-refractivity contribution in [2.24, 2.45) is 0 Å². The molecule has 0 aliphatic carbocycles. The Labute approximate surface area is 189 Å². The minimum absolute atomic E-state index is 0.0164. The molecule has 4 rings (SSSR count). The van der Waals surface area contributed by atoms with Crippen LogP contribution in [0.5, 0.6) is 0 Å². The lowest BCUT2D eigenvalue weighted by molar-refractivity contribution is -0.122. The summed E-state index contributed by atoms with van der Waals surface area (Å²) in [6.07, 6.45) is 1.85. The fourth-order valence-electron chi connectivity index (χ4n) is 4.51. The quantitative estimate of drug-likeness (QED) is 0.545. The molecule has 1 unspecified atom stereocenters. The van der Waals surface area contributed by atoms with E-state index in [1.807, 2.05) is 30.3 Å². The van der Waals surface area contributed by atoms with Crippen LogP contribution < -0.4 is 5.32 Å². The lowest BCUT2D eigenvalue weighted by Gasteiger charge is -2.43. The van der Waals surface area contributed by atoms with Crippen LogP contribution in [0.4, 0.5) is 4.39 Å². The Kier molecular flexibility index (Phi) is 6.92. The molecule has 3 aromatic rings. The summed E-state index contributed by atoms with van der Waals surface area (Å²) in [5, 5.41) is 3.98. The number of carbonyl (C=O) groups is 1. The Balaban J connectivity index is 1.47. The van der Waals surface area contributed by atoms with Gasteiger partial charge in [-0.1, -0.05) is 37.3 Å². The minimum Gasteiger partial charge on any atom is -0.379 e. The first kappa shape index (κ1) is 22.5. The molecule has 0 bridgehead atoms. The summed E-state index contributed by atoms with van der Waals surface area (Å²) in [7, 11) is 0. The van der Waals surface area contributed by atoms with Crippen LogP contribution in [0, 0.1) is 5.82 Å². The van der Waals surface area contributed by atoms with Gasteiger partial charge in [0.05, 0.1) is 13.2 Å². The number of hydrogen-bond acceptors (Lipinski definition) is 3. The number of amides is 1. The van der Waals surface area contributed by atoms with Gasteiger partial charge in [-0.15, -0.1) is 0 Å². The van der Waals surface area contributed by atoms with Crippen LogP contribution in [0.25, 0.3) is 22.2 Å². The van der Waals surface area contributed by atoms with Crippen LogP contribution in [-0.4, -0.2) is 54.2 Å². The number of hydrogen-bond donors (Lipinski definition) is 2. The van der Waals surface area contributed by atoms with Gasteiger partial charge in [-0.3, -0.25) is 9.69 Å². The fourth-order valence-corrected chi connectivity index (χ4v) is 4.51. The van der Waals surface area contributed by atoms with Crippen molar-refractivity contribution in [1.82, 2.24) is 15.2 Å². The number of aromatic amines is 1. The van der Waals surface area contributed by atoms with E-state index in [1.165, 1.54) is 6.07 Å². The molecule has 2 aromatic carbocycles. The number of rotatable bonds is 8. The highest BCUT2D eigenvalue weighted by atomic mass is 19.1. The van der Waals surface area contributed by atoms with Crippen molar-refractivity contribution < 1.29 is 13.9 Å². The summed E-state index contributed by atoms with van der Waals surface area (Å²) in [5.41, 5.74) is 3.76. The molecule has 1 saturated heterocycles. The summed E-state index contributed by atoms with van der Waals surface area (Å²) in [6.45, 7) is 8.23. The molecule has 1 fully saturated rings. The first-order chi connectivity index (χ1) is 15.5. The number of aromatic nitrogens is 1. The Morgan fingerprint density at radius 2 is 1.94 bits per heavy atom. The summed E-state index contributed by atoms with van der Waals surface area (Å²) >= 11 is 0. The number of nitrogens with zero attached hydrogens (tertiary/aromatic N) is 1. The van der Waals surface area contributed by atoms with E-state index in [4.69, 9.17) is 4.74 Å². The number of fused-ring (bicyclic) bond motifs is 1. The monoisotopic (exact) mass is 437 g/mol. The lowest BCUT2D eigenvalue weighted by atomic mass is 9.95. The molecule has 2 N–H and O–H groups in total. The minimum atomic E-state index is -0.272. The Hall–Kier alpha value is -2.70. The second kappa shape index (κ2) is 9.84. The summed E-state index contributed by atoms with van der Waals surface area (Å²) in [6, 6.07) is 14.8. The van der Waals surface area contributed by atoms with Crippen molar-refractivity contribution in [3.8, 4) is 11.3 Å². The normalized spacial score (nSPS) is 16.7. The third-order valence-corrected chi connectivity index (χ3v) is 6.74. The maximum absolute atomic E-state index is 14.0. The molecule has 0 saturated carbocycles. The van der Waals surface area contributed by atoms with E-state index in [0.717, 1.165) is 60.4 Å². The van der Waals surface area contributed by atoms with Gasteiger partial charge >= 0.3 is 0 Å². The zero-order valence-electron chi connectivity index (χ0n) is 18.9. The third-order valence-electron chi connectivity index (χ3n) is 6.74. The van der Waals surface area contributed by atoms with E-state index in [0.29, 0.717) is 19.4 Å². The number of benzene rings is 2. The van der Waals surface area contributed by atoms with Gasteiger partial charge in [0.15, 0.2) is 0 Å². The maximum atomic E-state index is 14.0. The second-order valence-corrected chi connectivity index (χ2v) is 8.76. The molecule has 1 atom stereocenters. The predicted molar refractivity (Wildman–Crippen MR) is 126 cm³/mol. The van der Waals surface area contributed by atoms with E-state index in [1.54, 1.807) is 12.1 Å². The second-order valence-electron chi connectivity index (χ2n) is 8.76. The van der Waals surface area contributed by atoms with Crippen molar-refractivity contribution in [3.63, 3.8) is 0 Å². The summed E-state index contributed by atoms with van der Waals surface area (Å²) in [4.78, 5) is 18.6. The number of halogens is 1. The molecule has 2 heterocycles. The molecule has 1 aliphatic rings. The number of H-pyrrole nitrogens is 1.